The zero-order valence-electron chi connectivity index (χ0n) is 16.6. The van der Waals surface area contributed by atoms with E-state index in [1.807, 2.05) is 6.07 Å². The number of likely N-dealkylation sites (tertiary alicyclic amines) is 1. The lowest BCUT2D eigenvalue weighted by Gasteiger charge is -2.29. The van der Waals surface area contributed by atoms with Crippen molar-refractivity contribution >= 4 is 5.97 Å². The third kappa shape index (κ3) is 6.38. The van der Waals surface area contributed by atoms with Crippen molar-refractivity contribution in [3.05, 3.63) is 65.7 Å². The quantitative estimate of drug-likeness (QED) is 0.619. The van der Waals surface area contributed by atoms with Crippen molar-refractivity contribution in [1.29, 1.82) is 0 Å². The number of piperidine rings is 1. The van der Waals surface area contributed by atoms with Gasteiger partial charge in [-0.3, -0.25) is 4.79 Å². The molecule has 4 heteroatoms. The molecule has 0 spiro atoms. The minimum atomic E-state index is -0.640. The Hall–Kier alpha value is -2.33. The third-order valence-electron chi connectivity index (χ3n) is 5.56. The maximum Gasteiger partial charge on any atom is 0.306 e. The number of para-hydroxylation sites is 1. The Morgan fingerprint density at radius 2 is 1.68 bits per heavy atom. The molecule has 1 aliphatic heterocycles. The normalized spacial score (nSPS) is 15.4. The lowest BCUT2D eigenvalue weighted by Crippen LogP contribution is -2.36. The molecule has 0 atom stereocenters. The summed E-state index contributed by atoms with van der Waals surface area (Å²) in [6.45, 7) is 3.57. The number of hydrogen-bond donors (Lipinski definition) is 1. The first-order chi connectivity index (χ1) is 13.7. The van der Waals surface area contributed by atoms with E-state index in [1.165, 1.54) is 11.1 Å². The van der Waals surface area contributed by atoms with Crippen molar-refractivity contribution in [2.75, 3.05) is 26.2 Å². The fourth-order valence-corrected chi connectivity index (χ4v) is 3.80. The molecule has 0 aliphatic carbocycles. The predicted octanol–water partition coefficient (Wildman–Crippen LogP) is 4.43. The monoisotopic (exact) mass is 381 g/mol. The Labute approximate surface area is 168 Å². The van der Waals surface area contributed by atoms with Crippen LogP contribution in [0.25, 0.3) is 0 Å². The number of carboxylic acids is 1. The molecule has 1 fully saturated rings. The summed E-state index contributed by atoms with van der Waals surface area (Å²) < 4.78 is 6.07. The van der Waals surface area contributed by atoms with Crippen LogP contribution < -0.4 is 4.74 Å². The molecular weight excluding hydrogens is 350 g/mol. The van der Waals surface area contributed by atoms with Gasteiger partial charge in [0.15, 0.2) is 0 Å². The van der Waals surface area contributed by atoms with Gasteiger partial charge in [0.1, 0.15) is 5.75 Å². The lowest BCUT2D eigenvalue weighted by atomic mass is 9.97. The summed E-state index contributed by atoms with van der Waals surface area (Å²) in [5.74, 6) is 0.214. The van der Waals surface area contributed by atoms with Crippen molar-refractivity contribution < 1.29 is 14.6 Å². The summed E-state index contributed by atoms with van der Waals surface area (Å²) in [5, 5.41) is 9.07. The van der Waals surface area contributed by atoms with Crippen molar-refractivity contribution in [3.63, 3.8) is 0 Å². The Balaban J connectivity index is 1.35. The van der Waals surface area contributed by atoms with E-state index >= 15 is 0 Å². The number of aliphatic carboxylic acids is 1. The Morgan fingerprint density at radius 3 is 2.43 bits per heavy atom. The third-order valence-corrected chi connectivity index (χ3v) is 5.56. The largest absolute Gasteiger partial charge is 0.493 e. The average molecular weight is 382 g/mol. The molecular formula is C24H31NO3. The van der Waals surface area contributed by atoms with Gasteiger partial charge in [-0.1, -0.05) is 48.5 Å². The Kier molecular flexibility index (Phi) is 7.92. The number of aryl methyl sites for hydroxylation is 2. The summed E-state index contributed by atoms with van der Waals surface area (Å²) in [5.41, 5.74) is 2.62. The van der Waals surface area contributed by atoms with Crippen LogP contribution in [0.5, 0.6) is 5.75 Å². The van der Waals surface area contributed by atoms with E-state index < -0.39 is 5.97 Å². The molecule has 28 heavy (non-hydrogen) atoms. The van der Waals surface area contributed by atoms with E-state index in [-0.39, 0.29) is 5.92 Å². The van der Waals surface area contributed by atoms with Gasteiger partial charge in [-0.2, -0.15) is 0 Å². The highest BCUT2D eigenvalue weighted by atomic mass is 16.5. The molecule has 4 nitrogen and oxygen atoms in total. The van der Waals surface area contributed by atoms with Gasteiger partial charge in [-0.15, -0.1) is 0 Å². The molecule has 3 rings (SSSR count). The molecule has 150 valence electrons. The highest BCUT2D eigenvalue weighted by molar-refractivity contribution is 5.70. The first-order valence-electron chi connectivity index (χ1n) is 10.4. The summed E-state index contributed by atoms with van der Waals surface area (Å²) in [4.78, 5) is 13.4. The minimum Gasteiger partial charge on any atom is -0.493 e. The van der Waals surface area contributed by atoms with Crippen LogP contribution in [0, 0.1) is 5.92 Å². The predicted molar refractivity (Wildman–Crippen MR) is 112 cm³/mol. The van der Waals surface area contributed by atoms with Gasteiger partial charge in [0.2, 0.25) is 0 Å². The van der Waals surface area contributed by atoms with Crippen molar-refractivity contribution in [2.45, 2.75) is 38.5 Å². The van der Waals surface area contributed by atoms with E-state index in [0.29, 0.717) is 0 Å². The van der Waals surface area contributed by atoms with Gasteiger partial charge in [0.25, 0.3) is 0 Å². The first kappa shape index (κ1) is 20.4. The van der Waals surface area contributed by atoms with Crippen LogP contribution in [0.3, 0.4) is 0 Å². The van der Waals surface area contributed by atoms with Crippen LogP contribution >= 0.6 is 0 Å². The van der Waals surface area contributed by atoms with Crippen molar-refractivity contribution in [2.24, 2.45) is 5.92 Å². The van der Waals surface area contributed by atoms with E-state index in [4.69, 9.17) is 9.84 Å². The number of hydrogen-bond acceptors (Lipinski definition) is 3. The zero-order valence-corrected chi connectivity index (χ0v) is 16.6. The Bertz CT molecular complexity index is 724. The summed E-state index contributed by atoms with van der Waals surface area (Å²) in [6, 6.07) is 18.9. The second kappa shape index (κ2) is 10.9. The molecule has 1 aliphatic rings. The number of unbranched alkanes of at least 4 members (excludes halogenated alkanes) is 1. The van der Waals surface area contributed by atoms with Crippen LogP contribution in [0.15, 0.2) is 54.6 Å². The molecule has 1 heterocycles. The van der Waals surface area contributed by atoms with E-state index in [9.17, 15) is 4.79 Å². The topological polar surface area (TPSA) is 49.8 Å². The van der Waals surface area contributed by atoms with Crippen LogP contribution in [0.4, 0.5) is 0 Å². The maximum absolute atomic E-state index is 11.0. The van der Waals surface area contributed by atoms with Crippen LogP contribution in [0.2, 0.25) is 0 Å². The molecule has 2 aromatic carbocycles. The number of ether oxygens (including phenoxy) is 1. The number of rotatable bonds is 10. The van der Waals surface area contributed by atoms with Gasteiger partial charge in [-0.25, -0.2) is 0 Å². The number of nitrogens with zero attached hydrogens (tertiary/aromatic N) is 1. The molecule has 0 bridgehead atoms. The standard InChI is InChI=1S/C24H31NO3/c26-24(27)22-14-17-25(18-15-22)16-6-7-19-28-23-11-5-4-10-21(23)13-12-20-8-2-1-3-9-20/h1-5,8-11,22H,6-7,12-19H2,(H,26,27). The first-order valence-corrected chi connectivity index (χ1v) is 10.4. The number of carbonyl (C=O) groups is 1. The molecule has 1 saturated heterocycles. The number of benzene rings is 2. The van der Waals surface area contributed by atoms with Gasteiger partial charge in [0.05, 0.1) is 12.5 Å². The molecule has 0 radical (unpaired) electrons. The van der Waals surface area contributed by atoms with E-state index in [0.717, 1.165) is 70.5 Å². The highest BCUT2D eigenvalue weighted by Gasteiger charge is 2.23. The smallest absolute Gasteiger partial charge is 0.306 e. The highest BCUT2D eigenvalue weighted by Crippen LogP contribution is 2.21. The molecule has 2 aromatic rings. The maximum atomic E-state index is 11.0. The molecule has 0 unspecified atom stereocenters. The molecule has 0 amide bonds. The van der Waals surface area contributed by atoms with Gasteiger partial charge < -0.3 is 14.7 Å². The van der Waals surface area contributed by atoms with Crippen LogP contribution in [-0.4, -0.2) is 42.2 Å². The summed E-state index contributed by atoms with van der Waals surface area (Å²) in [7, 11) is 0. The minimum absolute atomic E-state index is 0.146. The van der Waals surface area contributed by atoms with E-state index in [2.05, 4.69) is 53.4 Å². The SMILES string of the molecule is O=C(O)C1CCN(CCCCOc2ccccc2CCc2ccccc2)CC1. The van der Waals surface area contributed by atoms with Crippen LogP contribution in [0.1, 0.15) is 36.8 Å². The van der Waals surface area contributed by atoms with Gasteiger partial charge >= 0.3 is 5.97 Å². The molecule has 0 aromatic heterocycles. The lowest BCUT2D eigenvalue weighted by molar-refractivity contribution is -0.143. The second-order valence-corrected chi connectivity index (χ2v) is 7.60. The Morgan fingerprint density at radius 1 is 0.964 bits per heavy atom. The number of carboxylic acid groups (broad SMARTS) is 1. The fourth-order valence-electron chi connectivity index (χ4n) is 3.80. The van der Waals surface area contributed by atoms with E-state index in [1.54, 1.807) is 0 Å². The summed E-state index contributed by atoms with van der Waals surface area (Å²) in [6.07, 6.45) is 5.67. The van der Waals surface area contributed by atoms with Crippen LogP contribution in [-0.2, 0) is 17.6 Å². The summed E-state index contributed by atoms with van der Waals surface area (Å²) >= 11 is 0. The second-order valence-electron chi connectivity index (χ2n) is 7.60. The fraction of sp³-hybridized carbons (Fsp3) is 0.458. The average Bonchev–Trinajstić information content (AvgIpc) is 2.74. The van der Waals surface area contributed by atoms with Gasteiger partial charge in [-0.05, 0) is 75.4 Å². The van der Waals surface area contributed by atoms with Gasteiger partial charge in [0, 0.05) is 0 Å². The van der Waals surface area contributed by atoms with Crippen molar-refractivity contribution in [3.8, 4) is 5.75 Å². The molecule has 1 N–H and O–H groups in total. The molecule has 0 saturated carbocycles. The zero-order chi connectivity index (χ0) is 19.6. The van der Waals surface area contributed by atoms with Crippen molar-refractivity contribution in [1.82, 2.24) is 4.90 Å².